The third kappa shape index (κ3) is 4.02. The van der Waals surface area contributed by atoms with Gasteiger partial charge in [0.1, 0.15) is 23.2 Å². The fourth-order valence-electron chi connectivity index (χ4n) is 3.22. The first-order valence-electron chi connectivity index (χ1n) is 9.25. The second-order valence-electron chi connectivity index (χ2n) is 6.79. The summed E-state index contributed by atoms with van der Waals surface area (Å²) < 4.78 is 13.4. The zero-order valence-corrected chi connectivity index (χ0v) is 15.8. The van der Waals surface area contributed by atoms with Crippen LogP contribution in [0, 0.1) is 5.82 Å². The van der Waals surface area contributed by atoms with Gasteiger partial charge < -0.3 is 16.0 Å². The molecule has 4 N–H and O–H groups in total. The Morgan fingerprint density at radius 2 is 1.87 bits per heavy atom. The van der Waals surface area contributed by atoms with Crippen LogP contribution in [0.3, 0.4) is 0 Å². The number of aromatic amines is 1. The van der Waals surface area contributed by atoms with Crippen molar-refractivity contribution in [1.82, 2.24) is 20.3 Å². The fourth-order valence-corrected chi connectivity index (χ4v) is 3.22. The van der Waals surface area contributed by atoms with Gasteiger partial charge in [0.05, 0.1) is 11.1 Å². The minimum Gasteiger partial charge on any atom is -0.368 e. The number of H-pyrrole nitrogens is 1. The van der Waals surface area contributed by atoms with Crippen LogP contribution in [0.2, 0.25) is 0 Å². The maximum atomic E-state index is 13.4. The van der Waals surface area contributed by atoms with Crippen molar-refractivity contribution in [2.75, 3.05) is 0 Å². The lowest BCUT2D eigenvalue weighted by Gasteiger charge is -2.16. The molecule has 0 saturated heterocycles. The molecule has 0 aliphatic rings. The van der Waals surface area contributed by atoms with Crippen molar-refractivity contribution in [1.29, 1.82) is 0 Å². The smallest absolute Gasteiger partial charge is 0.254 e. The number of carbonyl (C=O) groups excluding carboxylic acids is 2. The lowest BCUT2D eigenvalue weighted by molar-refractivity contribution is -0.119. The predicted octanol–water partition coefficient (Wildman–Crippen LogP) is 2.59. The van der Waals surface area contributed by atoms with Crippen LogP contribution in [0.1, 0.15) is 15.9 Å². The lowest BCUT2D eigenvalue weighted by atomic mass is 10.0. The molecule has 4 rings (SSSR count). The number of primary amides is 1. The second-order valence-corrected chi connectivity index (χ2v) is 6.79. The molecule has 8 heteroatoms. The van der Waals surface area contributed by atoms with Crippen LogP contribution in [-0.2, 0) is 11.2 Å². The standard InChI is InChI=1S/C22H18FN5O2/c23-15-4-1-3-13(11-15)12-18(20(24)29)27-22(30)16-5-2-6-17-19(16)28-21(26-17)14-7-9-25-10-8-14/h1-11,18H,12H2,(H2,24,29)(H,26,28)(H,27,30)/t18-/m0/s1. The van der Waals surface area contributed by atoms with E-state index in [-0.39, 0.29) is 6.42 Å². The van der Waals surface area contributed by atoms with Crippen LogP contribution in [0.4, 0.5) is 4.39 Å². The van der Waals surface area contributed by atoms with Crippen molar-refractivity contribution in [3.63, 3.8) is 0 Å². The summed E-state index contributed by atoms with van der Waals surface area (Å²) in [5, 5.41) is 2.64. The number of nitrogens with zero attached hydrogens (tertiary/aromatic N) is 2. The average molecular weight is 403 g/mol. The first-order valence-corrected chi connectivity index (χ1v) is 9.25. The van der Waals surface area contributed by atoms with E-state index < -0.39 is 23.7 Å². The highest BCUT2D eigenvalue weighted by Crippen LogP contribution is 2.22. The van der Waals surface area contributed by atoms with Crippen LogP contribution >= 0.6 is 0 Å². The number of imidazole rings is 1. The van der Waals surface area contributed by atoms with Gasteiger partial charge in [-0.1, -0.05) is 18.2 Å². The lowest BCUT2D eigenvalue weighted by Crippen LogP contribution is -2.45. The summed E-state index contributed by atoms with van der Waals surface area (Å²) in [5.74, 6) is -1.03. The van der Waals surface area contributed by atoms with Gasteiger partial charge in [0.15, 0.2) is 0 Å². The molecule has 0 aliphatic heterocycles. The van der Waals surface area contributed by atoms with Gasteiger partial charge >= 0.3 is 0 Å². The zero-order valence-electron chi connectivity index (χ0n) is 15.8. The van der Waals surface area contributed by atoms with Crippen molar-refractivity contribution in [3.05, 3.63) is 83.9 Å². The number of nitrogens with two attached hydrogens (primary N) is 1. The molecule has 0 unspecified atom stereocenters. The summed E-state index contributed by atoms with van der Waals surface area (Å²) in [6, 6.07) is 13.6. The molecule has 2 aromatic carbocycles. The molecule has 30 heavy (non-hydrogen) atoms. The molecule has 1 atom stereocenters. The Labute approximate surface area is 171 Å². The summed E-state index contributed by atoms with van der Waals surface area (Å²) in [5.41, 5.74) is 8.29. The summed E-state index contributed by atoms with van der Waals surface area (Å²) in [7, 11) is 0. The van der Waals surface area contributed by atoms with Gasteiger partial charge in [0.25, 0.3) is 5.91 Å². The highest BCUT2D eigenvalue weighted by molar-refractivity contribution is 6.06. The Morgan fingerprint density at radius 3 is 2.60 bits per heavy atom. The van der Waals surface area contributed by atoms with Crippen molar-refractivity contribution in [3.8, 4) is 11.4 Å². The number of aromatic nitrogens is 3. The van der Waals surface area contributed by atoms with Crippen molar-refractivity contribution >= 4 is 22.8 Å². The number of amides is 2. The molecule has 2 amide bonds. The third-order valence-corrected chi connectivity index (χ3v) is 4.69. The molecule has 0 aliphatic carbocycles. The molecular weight excluding hydrogens is 385 g/mol. The predicted molar refractivity (Wildman–Crippen MR) is 110 cm³/mol. The topological polar surface area (TPSA) is 114 Å². The largest absolute Gasteiger partial charge is 0.368 e. The number of nitrogens with one attached hydrogen (secondary N) is 2. The number of fused-ring (bicyclic) bond motifs is 1. The van der Waals surface area contributed by atoms with Crippen LogP contribution in [0.25, 0.3) is 22.4 Å². The molecular formula is C22H18FN5O2. The number of carbonyl (C=O) groups is 2. The number of pyridine rings is 1. The highest BCUT2D eigenvalue weighted by atomic mass is 19.1. The number of hydrogen-bond donors (Lipinski definition) is 3. The van der Waals surface area contributed by atoms with Gasteiger partial charge in [-0.05, 0) is 42.0 Å². The molecule has 0 fully saturated rings. The SMILES string of the molecule is NC(=O)[C@H](Cc1cccc(F)c1)NC(=O)c1cccc2[nH]c(-c3ccncc3)nc12. The first-order chi connectivity index (χ1) is 14.5. The van der Waals surface area contributed by atoms with E-state index in [9.17, 15) is 14.0 Å². The molecule has 4 aromatic rings. The van der Waals surface area contributed by atoms with Gasteiger partial charge in [0.2, 0.25) is 5.91 Å². The Hall–Kier alpha value is -4.07. The van der Waals surface area contributed by atoms with E-state index in [1.165, 1.54) is 18.2 Å². The van der Waals surface area contributed by atoms with E-state index in [4.69, 9.17) is 5.73 Å². The van der Waals surface area contributed by atoms with Gasteiger partial charge in [-0.3, -0.25) is 14.6 Å². The van der Waals surface area contributed by atoms with Crippen LogP contribution < -0.4 is 11.1 Å². The van der Waals surface area contributed by atoms with E-state index in [2.05, 4.69) is 20.3 Å². The molecule has 0 saturated carbocycles. The minimum absolute atomic E-state index is 0.0810. The Balaban J connectivity index is 1.61. The van der Waals surface area contributed by atoms with E-state index in [1.54, 1.807) is 42.7 Å². The fraction of sp³-hybridized carbons (Fsp3) is 0.0909. The quantitative estimate of drug-likeness (QED) is 0.459. The number of para-hydroxylation sites is 1. The number of halogens is 1. The molecule has 150 valence electrons. The molecule has 7 nitrogen and oxygen atoms in total. The molecule has 2 heterocycles. The monoisotopic (exact) mass is 403 g/mol. The van der Waals surface area contributed by atoms with E-state index in [0.29, 0.717) is 28.0 Å². The number of hydrogen-bond acceptors (Lipinski definition) is 4. The van der Waals surface area contributed by atoms with E-state index in [1.807, 2.05) is 6.07 Å². The average Bonchev–Trinajstić information content (AvgIpc) is 3.18. The first kappa shape index (κ1) is 19.3. The summed E-state index contributed by atoms with van der Waals surface area (Å²) in [4.78, 5) is 36.5. The van der Waals surface area contributed by atoms with Gasteiger partial charge in [0, 0.05) is 24.4 Å². The molecule has 0 spiro atoms. The molecule has 0 bridgehead atoms. The van der Waals surface area contributed by atoms with E-state index >= 15 is 0 Å². The van der Waals surface area contributed by atoms with Crippen LogP contribution in [0.15, 0.2) is 67.0 Å². The highest BCUT2D eigenvalue weighted by Gasteiger charge is 2.22. The minimum atomic E-state index is -0.992. The van der Waals surface area contributed by atoms with Gasteiger partial charge in [-0.15, -0.1) is 0 Å². The second kappa shape index (κ2) is 8.12. The summed E-state index contributed by atoms with van der Waals surface area (Å²) >= 11 is 0. The Morgan fingerprint density at radius 1 is 1.10 bits per heavy atom. The molecule has 2 aromatic heterocycles. The number of rotatable bonds is 6. The zero-order chi connectivity index (χ0) is 21.1. The van der Waals surface area contributed by atoms with Gasteiger partial charge in [-0.2, -0.15) is 0 Å². The van der Waals surface area contributed by atoms with Crippen molar-refractivity contribution in [2.24, 2.45) is 5.73 Å². The summed E-state index contributed by atoms with van der Waals surface area (Å²) in [6.45, 7) is 0. The summed E-state index contributed by atoms with van der Waals surface area (Å²) in [6.07, 6.45) is 3.39. The maximum absolute atomic E-state index is 13.4. The van der Waals surface area contributed by atoms with Crippen LogP contribution in [0.5, 0.6) is 0 Å². The van der Waals surface area contributed by atoms with E-state index in [0.717, 1.165) is 5.56 Å². The third-order valence-electron chi connectivity index (χ3n) is 4.69. The molecule has 0 radical (unpaired) electrons. The van der Waals surface area contributed by atoms with Crippen molar-refractivity contribution < 1.29 is 14.0 Å². The normalized spacial score (nSPS) is 11.9. The van der Waals surface area contributed by atoms with Gasteiger partial charge in [-0.25, -0.2) is 9.37 Å². The van der Waals surface area contributed by atoms with Crippen molar-refractivity contribution in [2.45, 2.75) is 12.5 Å². The Bertz CT molecular complexity index is 1220. The van der Waals surface area contributed by atoms with Crippen LogP contribution in [-0.4, -0.2) is 32.8 Å². The maximum Gasteiger partial charge on any atom is 0.254 e. The Kier molecular flexibility index (Phi) is 5.21. The number of benzene rings is 2.